The third-order valence-electron chi connectivity index (χ3n) is 3.67. The molecule has 1 atom stereocenters. The van der Waals surface area contributed by atoms with Gasteiger partial charge in [-0.1, -0.05) is 18.2 Å². The average molecular weight is 298 g/mol. The molecule has 1 fully saturated rings. The number of benzene rings is 1. The third kappa shape index (κ3) is 3.23. The van der Waals surface area contributed by atoms with Gasteiger partial charge in [0.2, 0.25) is 0 Å². The van der Waals surface area contributed by atoms with E-state index in [-0.39, 0.29) is 23.2 Å². The summed E-state index contributed by atoms with van der Waals surface area (Å²) in [6.07, 6.45) is 2.00. The van der Waals surface area contributed by atoms with Crippen LogP contribution in [0.5, 0.6) is 0 Å². The highest BCUT2D eigenvalue weighted by atomic mass is 16.2. The number of hydrogen-bond acceptors (Lipinski definition) is 4. The monoisotopic (exact) mass is 298 g/mol. The van der Waals surface area contributed by atoms with Gasteiger partial charge in [-0.3, -0.25) is 9.59 Å². The molecule has 0 bridgehead atoms. The van der Waals surface area contributed by atoms with E-state index in [0.717, 1.165) is 25.9 Å². The highest BCUT2D eigenvalue weighted by molar-refractivity contribution is 5.92. The Morgan fingerprint density at radius 2 is 2.05 bits per heavy atom. The summed E-state index contributed by atoms with van der Waals surface area (Å²) in [6, 6.07) is 12.0. The molecule has 0 spiro atoms. The SMILES string of the molecule is O=C(NC1CCCNC1)c1ccc(=O)n(-c2ccccc2)n1. The number of piperidine rings is 1. The van der Waals surface area contributed by atoms with Crippen molar-refractivity contribution in [3.8, 4) is 5.69 Å². The van der Waals surface area contributed by atoms with Crippen LogP contribution in [0.3, 0.4) is 0 Å². The van der Waals surface area contributed by atoms with Gasteiger partial charge in [0.1, 0.15) is 5.69 Å². The largest absolute Gasteiger partial charge is 0.347 e. The minimum Gasteiger partial charge on any atom is -0.347 e. The summed E-state index contributed by atoms with van der Waals surface area (Å²) in [4.78, 5) is 24.2. The molecule has 1 aliphatic rings. The number of aromatic nitrogens is 2. The first-order valence-corrected chi connectivity index (χ1v) is 7.41. The lowest BCUT2D eigenvalue weighted by molar-refractivity contribution is 0.0924. The van der Waals surface area contributed by atoms with Crippen LogP contribution in [0.2, 0.25) is 0 Å². The van der Waals surface area contributed by atoms with E-state index in [0.29, 0.717) is 5.69 Å². The van der Waals surface area contributed by atoms with Gasteiger partial charge in [-0.25, -0.2) is 0 Å². The number of amides is 1. The van der Waals surface area contributed by atoms with Gasteiger partial charge < -0.3 is 10.6 Å². The zero-order valence-corrected chi connectivity index (χ0v) is 12.2. The normalized spacial score (nSPS) is 17.9. The predicted molar refractivity (Wildman–Crippen MR) is 83.2 cm³/mol. The Morgan fingerprint density at radius 3 is 2.77 bits per heavy atom. The maximum atomic E-state index is 12.3. The molecule has 2 N–H and O–H groups in total. The number of carbonyl (C=O) groups is 1. The molecule has 3 rings (SSSR count). The minimum atomic E-state index is -0.262. The van der Waals surface area contributed by atoms with Gasteiger partial charge in [0.25, 0.3) is 11.5 Å². The van der Waals surface area contributed by atoms with Crippen LogP contribution < -0.4 is 16.2 Å². The molecular weight excluding hydrogens is 280 g/mol. The lowest BCUT2D eigenvalue weighted by atomic mass is 10.1. The van der Waals surface area contributed by atoms with Crippen molar-refractivity contribution in [3.05, 3.63) is 58.5 Å². The van der Waals surface area contributed by atoms with Gasteiger partial charge in [-0.15, -0.1) is 0 Å². The summed E-state index contributed by atoms with van der Waals surface area (Å²) < 4.78 is 1.24. The summed E-state index contributed by atoms with van der Waals surface area (Å²) in [7, 11) is 0. The van der Waals surface area contributed by atoms with E-state index in [1.807, 2.05) is 18.2 Å². The molecule has 0 radical (unpaired) electrons. The van der Waals surface area contributed by atoms with E-state index in [2.05, 4.69) is 15.7 Å². The van der Waals surface area contributed by atoms with E-state index in [1.54, 1.807) is 12.1 Å². The zero-order chi connectivity index (χ0) is 15.4. The van der Waals surface area contributed by atoms with Crippen LogP contribution in [0.25, 0.3) is 5.69 Å². The molecule has 1 aromatic heterocycles. The van der Waals surface area contributed by atoms with Crippen molar-refractivity contribution in [2.45, 2.75) is 18.9 Å². The van der Waals surface area contributed by atoms with E-state index < -0.39 is 0 Å². The molecule has 22 heavy (non-hydrogen) atoms. The molecule has 2 aromatic rings. The van der Waals surface area contributed by atoms with E-state index in [1.165, 1.54) is 16.8 Å². The van der Waals surface area contributed by atoms with Crippen molar-refractivity contribution >= 4 is 5.91 Å². The van der Waals surface area contributed by atoms with Gasteiger partial charge >= 0.3 is 0 Å². The molecule has 1 unspecified atom stereocenters. The highest BCUT2D eigenvalue weighted by Gasteiger charge is 2.17. The number of hydrogen-bond donors (Lipinski definition) is 2. The van der Waals surface area contributed by atoms with E-state index in [4.69, 9.17) is 0 Å². The number of carbonyl (C=O) groups excluding carboxylic acids is 1. The first-order chi connectivity index (χ1) is 10.7. The van der Waals surface area contributed by atoms with Crippen molar-refractivity contribution in [1.82, 2.24) is 20.4 Å². The lowest BCUT2D eigenvalue weighted by Gasteiger charge is -2.23. The van der Waals surface area contributed by atoms with Gasteiger partial charge in [-0.2, -0.15) is 9.78 Å². The maximum Gasteiger partial charge on any atom is 0.272 e. The Kier molecular flexibility index (Phi) is 4.29. The molecular formula is C16H18N4O2. The number of nitrogens with one attached hydrogen (secondary N) is 2. The van der Waals surface area contributed by atoms with Gasteiger partial charge in [0, 0.05) is 18.7 Å². The summed E-state index contributed by atoms with van der Waals surface area (Å²) >= 11 is 0. The van der Waals surface area contributed by atoms with Gasteiger partial charge in [-0.05, 0) is 37.6 Å². The van der Waals surface area contributed by atoms with Crippen molar-refractivity contribution in [3.63, 3.8) is 0 Å². The van der Waals surface area contributed by atoms with Crippen LogP contribution in [0, 0.1) is 0 Å². The summed E-state index contributed by atoms with van der Waals surface area (Å²) in [5.74, 6) is -0.251. The van der Waals surface area contributed by atoms with Crippen molar-refractivity contribution in [2.24, 2.45) is 0 Å². The molecule has 6 nitrogen and oxygen atoms in total. The predicted octanol–water partition coefficient (Wildman–Crippen LogP) is 0.714. The van der Waals surface area contributed by atoms with Gasteiger partial charge in [0.15, 0.2) is 0 Å². The Balaban J connectivity index is 1.82. The molecule has 1 aromatic carbocycles. The molecule has 0 saturated carbocycles. The Hall–Kier alpha value is -2.47. The third-order valence-corrected chi connectivity index (χ3v) is 3.67. The van der Waals surface area contributed by atoms with Crippen LogP contribution in [0.1, 0.15) is 23.3 Å². The first kappa shape index (κ1) is 14.5. The summed E-state index contributed by atoms with van der Waals surface area (Å²) in [5.41, 5.74) is 0.623. The Morgan fingerprint density at radius 1 is 1.23 bits per heavy atom. The van der Waals surface area contributed by atoms with Crippen molar-refractivity contribution < 1.29 is 4.79 Å². The first-order valence-electron chi connectivity index (χ1n) is 7.41. The van der Waals surface area contributed by atoms with Crippen LogP contribution in [0.4, 0.5) is 0 Å². The molecule has 114 valence electrons. The highest BCUT2D eigenvalue weighted by Crippen LogP contribution is 2.05. The van der Waals surface area contributed by atoms with Crippen LogP contribution in [-0.4, -0.2) is 34.8 Å². The second-order valence-electron chi connectivity index (χ2n) is 5.32. The Bertz CT molecular complexity index is 706. The second-order valence-corrected chi connectivity index (χ2v) is 5.32. The number of para-hydroxylation sites is 1. The van der Waals surface area contributed by atoms with Gasteiger partial charge in [0.05, 0.1) is 5.69 Å². The standard InChI is InChI=1S/C16H18N4O2/c21-15-9-8-14(16(22)18-12-5-4-10-17-11-12)19-20(15)13-6-2-1-3-7-13/h1-3,6-9,12,17H,4-5,10-11H2,(H,18,22). The fourth-order valence-corrected chi connectivity index (χ4v) is 2.52. The quantitative estimate of drug-likeness (QED) is 0.875. The fourth-order valence-electron chi connectivity index (χ4n) is 2.52. The Labute approximate surface area is 128 Å². The van der Waals surface area contributed by atoms with E-state index >= 15 is 0 Å². The molecule has 1 saturated heterocycles. The molecule has 2 heterocycles. The number of rotatable bonds is 3. The maximum absolute atomic E-state index is 12.3. The minimum absolute atomic E-state index is 0.111. The zero-order valence-electron chi connectivity index (χ0n) is 12.2. The fraction of sp³-hybridized carbons (Fsp3) is 0.312. The average Bonchev–Trinajstić information content (AvgIpc) is 2.57. The van der Waals surface area contributed by atoms with Crippen molar-refractivity contribution in [2.75, 3.05) is 13.1 Å². The van der Waals surface area contributed by atoms with Crippen LogP contribution in [-0.2, 0) is 0 Å². The van der Waals surface area contributed by atoms with Crippen LogP contribution in [0.15, 0.2) is 47.3 Å². The second kappa shape index (κ2) is 6.53. The summed E-state index contributed by atoms with van der Waals surface area (Å²) in [6.45, 7) is 1.76. The molecule has 1 aliphatic heterocycles. The molecule has 1 amide bonds. The lowest BCUT2D eigenvalue weighted by Crippen LogP contribution is -2.46. The topological polar surface area (TPSA) is 76.0 Å². The van der Waals surface area contributed by atoms with Crippen molar-refractivity contribution in [1.29, 1.82) is 0 Å². The smallest absolute Gasteiger partial charge is 0.272 e. The number of nitrogens with zero attached hydrogens (tertiary/aromatic N) is 2. The molecule has 6 heteroatoms. The van der Waals surface area contributed by atoms with Crippen LogP contribution >= 0.6 is 0 Å². The summed E-state index contributed by atoms with van der Waals surface area (Å²) in [5, 5.41) is 10.4. The molecule has 0 aliphatic carbocycles. The van der Waals surface area contributed by atoms with E-state index in [9.17, 15) is 9.59 Å².